The molecule has 1 aromatic heterocycles. The van der Waals surface area contributed by atoms with Crippen LogP contribution in [0.1, 0.15) is 29.4 Å². The number of benzene rings is 1. The lowest BCUT2D eigenvalue weighted by Gasteiger charge is -2.30. The molecule has 3 rings (SSSR count). The molecule has 21 heavy (non-hydrogen) atoms. The average Bonchev–Trinajstić information content (AvgIpc) is 2.83. The first-order valence-corrected chi connectivity index (χ1v) is 8.35. The van der Waals surface area contributed by atoms with E-state index in [1.54, 1.807) is 7.11 Å². The Morgan fingerprint density at radius 2 is 2.29 bits per heavy atom. The maximum atomic E-state index is 12.7. The number of likely N-dealkylation sites (tertiary alicyclic amines) is 1. The fraction of sp³-hybridized carbons (Fsp3) is 0.438. The van der Waals surface area contributed by atoms with E-state index in [9.17, 15) is 4.79 Å². The second-order valence-corrected chi connectivity index (χ2v) is 7.04. The number of carbonyl (C=O) groups is 1. The molecular weight excluding hydrogens is 306 g/mol. The van der Waals surface area contributed by atoms with Gasteiger partial charge in [-0.2, -0.15) is 0 Å². The zero-order chi connectivity index (χ0) is 15.0. The lowest BCUT2D eigenvalue weighted by molar-refractivity contribution is 0.0688. The van der Waals surface area contributed by atoms with Crippen LogP contribution in [-0.4, -0.2) is 31.0 Å². The average molecular weight is 324 g/mol. The van der Waals surface area contributed by atoms with Crippen LogP contribution in [0, 0.1) is 5.92 Å². The van der Waals surface area contributed by atoms with Crippen LogP contribution in [0.5, 0.6) is 5.75 Å². The Morgan fingerprint density at radius 1 is 1.48 bits per heavy atom. The van der Waals surface area contributed by atoms with Gasteiger partial charge in [-0.25, -0.2) is 0 Å². The summed E-state index contributed by atoms with van der Waals surface area (Å²) in [6.45, 7) is 3.85. The molecule has 2 aromatic rings. The highest BCUT2D eigenvalue weighted by molar-refractivity contribution is 7.21. The second-order valence-electron chi connectivity index (χ2n) is 5.61. The largest absolute Gasteiger partial charge is 0.497 e. The number of fused-ring (bicyclic) bond motifs is 1. The van der Waals surface area contributed by atoms with E-state index in [-0.39, 0.29) is 5.91 Å². The van der Waals surface area contributed by atoms with E-state index in [0.717, 1.165) is 35.3 Å². The Hall–Kier alpha value is -1.26. The number of halogens is 1. The summed E-state index contributed by atoms with van der Waals surface area (Å²) in [4.78, 5) is 15.3. The van der Waals surface area contributed by atoms with Gasteiger partial charge in [0.05, 0.1) is 12.1 Å². The van der Waals surface area contributed by atoms with Crippen LogP contribution in [-0.2, 0) is 0 Å². The van der Waals surface area contributed by atoms with Crippen LogP contribution in [0.25, 0.3) is 10.1 Å². The molecule has 1 atom stereocenters. The van der Waals surface area contributed by atoms with Gasteiger partial charge in [-0.3, -0.25) is 4.79 Å². The Bertz CT molecular complexity index is 682. The van der Waals surface area contributed by atoms with Crippen molar-refractivity contribution in [2.45, 2.75) is 19.8 Å². The van der Waals surface area contributed by atoms with Crippen LogP contribution in [0.3, 0.4) is 0 Å². The molecule has 1 aromatic carbocycles. The fourth-order valence-corrected chi connectivity index (χ4v) is 4.28. The predicted octanol–water partition coefficient (Wildman–Crippen LogP) is 4.44. The van der Waals surface area contributed by atoms with Crippen molar-refractivity contribution in [1.29, 1.82) is 0 Å². The highest BCUT2D eigenvalue weighted by Crippen LogP contribution is 2.38. The number of rotatable bonds is 2. The summed E-state index contributed by atoms with van der Waals surface area (Å²) in [5, 5.41) is 1.45. The van der Waals surface area contributed by atoms with Crippen molar-refractivity contribution in [2.24, 2.45) is 5.92 Å². The van der Waals surface area contributed by atoms with Gasteiger partial charge in [0.2, 0.25) is 0 Å². The fourth-order valence-electron chi connectivity index (χ4n) is 2.83. The van der Waals surface area contributed by atoms with Crippen molar-refractivity contribution < 1.29 is 9.53 Å². The molecule has 3 nitrogen and oxygen atoms in total. The van der Waals surface area contributed by atoms with E-state index in [2.05, 4.69) is 6.92 Å². The summed E-state index contributed by atoms with van der Waals surface area (Å²) in [6.07, 6.45) is 2.27. The summed E-state index contributed by atoms with van der Waals surface area (Å²) < 4.78 is 6.25. The van der Waals surface area contributed by atoms with Gasteiger partial charge in [0.1, 0.15) is 10.6 Å². The van der Waals surface area contributed by atoms with Crippen LogP contribution in [0.15, 0.2) is 18.2 Å². The molecule has 1 saturated heterocycles. The molecule has 0 spiro atoms. The lowest BCUT2D eigenvalue weighted by Crippen LogP contribution is -2.38. The Labute approximate surface area is 133 Å². The van der Waals surface area contributed by atoms with Gasteiger partial charge in [-0.05, 0) is 37.0 Å². The minimum atomic E-state index is 0.0618. The molecule has 1 aliphatic rings. The van der Waals surface area contributed by atoms with E-state index in [4.69, 9.17) is 16.3 Å². The molecule has 2 heterocycles. The number of ether oxygens (including phenoxy) is 1. The first kappa shape index (κ1) is 14.7. The van der Waals surface area contributed by atoms with E-state index in [1.165, 1.54) is 17.8 Å². The van der Waals surface area contributed by atoms with Gasteiger partial charge in [-0.15, -0.1) is 11.3 Å². The third-order valence-electron chi connectivity index (χ3n) is 3.97. The zero-order valence-corrected chi connectivity index (χ0v) is 13.8. The number of hydrogen-bond acceptors (Lipinski definition) is 3. The van der Waals surface area contributed by atoms with E-state index in [1.807, 2.05) is 23.1 Å². The molecule has 0 bridgehead atoms. The van der Waals surface area contributed by atoms with Crippen LogP contribution in [0.4, 0.5) is 0 Å². The summed E-state index contributed by atoms with van der Waals surface area (Å²) in [7, 11) is 1.63. The second kappa shape index (κ2) is 5.85. The minimum absolute atomic E-state index is 0.0618. The zero-order valence-electron chi connectivity index (χ0n) is 12.2. The van der Waals surface area contributed by atoms with Gasteiger partial charge >= 0.3 is 0 Å². The smallest absolute Gasteiger partial charge is 0.265 e. The summed E-state index contributed by atoms with van der Waals surface area (Å²) in [5.74, 6) is 1.38. The van der Waals surface area contributed by atoms with Gasteiger partial charge < -0.3 is 9.64 Å². The number of carbonyl (C=O) groups excluding carboxylic acids is 1. The van der Waals surface area contributed by atoms with Crippen molar-refractivity contribution in [3.8, 4) is 5.75 Å². The number of nitrogens with zero attached hydrogens (tertiary/aromatic N) is 1. The summed E-state index contributed by atoms with van der Waals surface area (Å²) in [6, 6.07) is 5.75. The molecule has 0 aliphatic carbocycles. The monoisotopic (exact) mass is 323 g/mol. The van der Waals surface area contributed by atoms with Crippen molar-refractivity contribution >= 4 is 38.9 Å². The number of thiophene rings is 1. The normalized spacial score (nSPS) is 19.0. The molecule has 0 radical (unpaired) electrons. The van der Waals surface area contributed by atoms with E-state index >= 15 is 0 Å². The maximum Gasteiger partial charge on any atom is 0.265 e. The SMILES string of the molecule is COc1ccc2sc(C(=O)N3CCCC(C)C3)c(Cl)c2c1. The van der Waals surface area contributed by atoms with Crippen molar-refractivity contribution in [2.75, 3.05) is 20.2 Å². The summed E-state index contributed by atoms with van der Waals surface area (Å²) in [5.41, 5.74) is 0. The van der Waals surface area contributed by atoms with Crippen molar-refractivity contribution in [1.82, 2.24) is 4.90 Å². The molecule has 112 valence electrons. The molecule has 5 heteroatoms. The van der Waals surface area contributed by atoms with Crippen LogP contribution < -0.4 is 4.74 Å². The topological polar surface area (TPSA) is 29.5 Å². The van der Waals surface area contributed by atoms with E-state index < -0.39 is 0 Å². The maximum absolute atomic E-state index is 12.7. The van der Waals surface area contributed by atoms with Crippen LogP contribution >= 0.6 is 22.9 Å². The van der Waals surface area contributed by atoms with Crippen LogP contribution in [0.2, 0.25) is 5.02 Å². The third kappa shape index (κ3) is 2.74. The molecular formula is C16H18ClNO2S. The molecule has 1 amide bonds. The molecule has 1 fully saturated rings. The Balaban J connectivity index is 1.96. The highest BCUT2D eigenvalue weighted by atomic mass is 35.5. The molecule has 0 saturated carbocycles. The third-order valence-corrected chi connectivity index (χ3v) is 5.64. The van der Waals surface area contributed by atoms with Gasteiger partial charge in [0.15, 0.2) is 0 Å². The quantitative estimate of drug-likeness (QED) is 0.818. The molecule has 1 unspecified atom stereocenters. The molecule has 1 aliphatic heterocycles. The van der Waals surface area contributed by atoms with Gasteiger partial charge in [0.25, 0.3) is 5.91 Å². The predicted molar refractivity (Wildman–Crippen MR) is 87.7 cm³/mol. The minimum Gasteiger partial charge on any atom is -0.497 e. The van der Waals surface area contributed by atoms with Crippen molar-refractivity contribution in [3.05, 3.63) is 28.1 Å². The molecule has 0 N–H and O–H groups in total. The van der Waals surface area contributed by atoms with Gasteiger partial charge in [-0.1, -0.05) is 18.5 Å². The van der Waals surface area contributed by atoms with Gasteiger partial charge in [0, 0.05) is 23.2 Å². The highest BCUT2D eigenvalue weighted by Gasteiger charge is 2.26. The van der Waals surface area contributed by atoms with Crippen molar-refractivity contribution in [3.63, 3.8) is 0 Å². The standard InChI is InChI=1S/C16H18ClNO2S/c1-10-4-3-7-18(9-10)16(19)15-14(17)12-8-11(20-2)5-6-13(12)21-15/h5-6,8,10H,3-4,7,9H2,1-2H3. The number of amides is 1. The first-order chi connectivity index (χ1) is 10.1. The number of hydrogen-bond donors (Lipinski definition) is 0. The number of methoxy groups -OCH3 is 1. The number of piperidine rings is 1. The lowest BCUT2D eigenvalue weighted by atomic mass is 10.0. The summed E-state index contributed by atoms with van der Waals surface area (Å²) >= 11 is 7.91. The Morgan fingerprint density at radius 3 is 3.00 bits per heavy atom. The van der Waals surface area contributed by atoms with E-state index in [0.29, 0.717) is 15.8 Å². The first-order valence-electron chi connectivity index (χ1n) is 7.15. The Kier molecular flexibility index (Phi) is 4.09.